The number of ketones is 1. The van der Waals surface area contributed by atoms with Gasteiger partial charge >= 0.3 is 11.9 Å². The van der Waals surface area contributed by atoms with Crippen molar-refractivity contribution in [2.75, 3.05) is 6.61 Å². The van der Waals surface area contributed by atoms with Gasteiger partial charge < -0.3 is 14.6 Å². The van der Waals surface area contributed by atoms with Gasteiger partial charge in [0.25, 0.3) is 0 Å². The third-order valence-corrected chi connectivity index (χ3v) is 9.69. The summed E-state index contributed by atoms with van der Waals surface area (Å²) in [5, 5.41) is 9.54. The molecule has 32 heavy (non-hydrogen) atoms. The van der Waals surface area contributed by atoms with Crippen molar-refractivity contribution >= 4 is 17.7 Å². The number of carbonyl (C=O) groups is 3. The van der Waals surface area contributed by atoms with Gasteiger partial charge in [-0.3, -0.25) is 14.4 Å². The molecule has 0 bridgehead atoms. The Balaban J connectivity index is 1.69. The van der Waals surface area contributed by atoms with E-state index in [0.29, 0.717) is 32.1 Å². The molecule has 4 saturated carbocycles. The molecule has 7 heteroatoms. The number of hydrogen-bond donors (Lipinski definition) is 1. The second-order valence-electron chi connectivity index (χ2n) is 11.3. The number of rotatable bonds is 4. The van der Waals surface area contributed by atoms with Crippen molar-refractivity contribution in [3.8, 4) is 0 Å². The minimum Gasteiger partial charge on any atom is -0.463 e. The van der Waals surface area contributed by atoms with Crippen molar-refractivity contribution in [3.63, 3.8) is 0 Å². The van der Waals surface area contributed by atoms with E-state index in [2.05, 4.69) is 13.8 Å². The van der Waals surface area contributed by atoms with E-state index >= 15 is 4.39 Å². The predicted octanol–water partition coefficient (Wildman–Crippen LogP) is 3.63. The molecule has 0 amide bonds. The lowest BCUT2D eigenvalue weighted by atomic mass is 9.43. The lowest BCUT2D eigenvalue weighted by Gasteiger charge is -2.63. The Morgan fingerprint density at radius 3 is 2.28 bits per heavy atom. The summed E-state index contributed by atoms with van der Waals surface area (Å²) in [5.74, 6) is -1.16. The molecule has 180 valence electrons. The van der Waals surface area contributed by atoms with E-state index < -0.39 is 18.2 Å². The monoisotopic (exact) mass is 452 g/mol. The molecule has 0 spiro atoms. The normalized spacial score (nSPS) is 47.6. The summed E-state index contributed by atoms with van der Waals surface area (Å²) in [5.41, 5.74) is -0.765. The van der Waals surface area contributed by atoms with Crippen molar-refractivity contribution in [2.45, 2.75) is 91.0 Å². The molecular formula is C25H37FO6. The van der Waals surface area contributed by atoms with Crippen LogP contribution in [0.1, 0.15) is 72.6 Å². The Morgan fingerprint density at radius 2 is 1.66 bits per heavy atom. The fourth-order valence-electron chi connectivity index (χ4n) is 8.61. The Hall–Kier alpha value is -1.50. The Bertz CT molecular complexity index is 784. The van der Waals surface area contributed by atoms with Crippen LogP contribution < -0.4 is 0 Å². The van der Waals surface area contributed by atoms with E-state index in [1.165, 1.54) is 13.8 Å². The van der Waals surface area contributed by atoms with E-state index in [1.54, 1.807) is 0 Å². The molecule has 4 aliphatic rings. The maximum Gasteiger partial charge on any atom is 0.302 e. The quantitative estimate of drug-likeness (QED) is 0.655. The number of alkyl halides is 1. The molecule has 4 aliphatic carbocycles. The maximum absolute atomic E-state index is 15.8. The van der Waals surface area contributed by atoms with Crippen LogP contribution in [0.15, 0.2) is 0 Å². The van der Waals surface area contributed by atoms with Gasteiger partial charge in [-0.2, -0.15) is 0 Å². The highest BCUT2D eigenvalue weighted by atomic mass is 19.1. The number of hydrogen-bond acceptors (Lipinski definition) is 6. The second-order valence-corrected chi connectivity index (χ2v) is 11.3. The zero-order valence-corrected chi connectivity index (χ0v) is 19.6. The molecule has 4 rings (SSSR count). The van der Waals surface area contributed by atoms with Crippen LogP contribution in [0.3, 0.4) is 0 Å². The largest absolute Gasteiger partial charge is 0.463 e. The fraction of sp³-hybridized carbons (Fsp3) is 0.880. The number of halogens is 1. The molecule has 4 fully saturated rings. The van der Waals surface area contributed by atoms with Gasteiger partial charge in [-0.25, -0.2) is 4.39 Å². The smallest absolute Gasteiger partial charge is 0.302 e. The first kappa shape index (κ1) is 23.7. The number of esters is 2. The van der Waals surface area contributed by atoms with Gasteiger partial charge in [0.1, 0.15) is 25.0 Å². The Labute approximate surface area is 189 Å². The summed E-state index contributed by atoms with van der Waals surface area (Å²) < 4.78 is 27.1. The average Bonchev–Trinajstić information content (AvgIpc) is 3.04. The average molecular weight is 453 g/mol. The minimum absolute atomic E-state index is 0.0164. The van der Waals surface area contributed by atoms with Crippen molar-refractivity contribution < 1.29 is 33.4 Å². The van der Waals surface area contributed by atoms with Crippen LogP contribution in [0.5, 0.6) is 0 Å². The van der Waals surface area contributed by atoms with E-state index in [-0.39, 0.29) is 64.9 Å². The molecule has 0 radical (unpaired) electrons. The number of Topliss-reactive ketones (excluding diaryl/α,β-unsaturated/α-hetero) is 1. The van der Waals surface area contributed by atoms with Gasteiger partial charge in [0.2, 0.25) is 0 Å². The summed E-state index contributed by atoms with van der Waals surface area (Å²) in [6.07, 6.45) is 2.73. The van der Waals surface area contributed by atoms with Crippen LogP contribution in [0.25, 0.3) is 0 Å². The highest BCUT2D eigenvalue weighted by Crippen LogP contribution is 2.68. The number of ether oxygens (including phenoxy) is 2. The Morgan fingerprint density at radius 1 is 0.969 bits per heavy atom. The van der Waals surface area contributed by atoms with Gasteiger partial charge in [0.15, 0.2) is 5.78 Å². The zero-order valence-electron chi connectivity index (χ0n) is 19.6. The number of carbonyl (C=O) groups excluding carboxylic acids is 3. The topological polar surface area (TPSA) is 89.9 Å². The van der Waals surface area contributed by atoms with Crippen LogP contribution in [-0.4, -0.2) is 47.8 Å². The van der Waals surface area contributed by atoms with Crippen LogP contribution in [0, 0.1) is 40.4 Å². The van der Waals surface area contributed by atoms with Crippen molar-refractivity contribution in [1.82, 2.24) is 0 Å². The van der Waals surface area contributed by atoms with Gasteiger partial charge in [0, 0.05) is 25.7 Å². The van der Waals surface area contributed by atoms with Crippen LogP contribution in [0.2, 0.25) is 0 Å². The van der Waals surface area contributed by atoms with Crippen molar-refractivity contribution in [3.05, 3.63) is 0 Å². The Kier molecular flexibility index (Phi) is 6.19. The molecule has 10 atom stereocenters. The molecular weight excluding hydrogens is 415 g/mol. The molecule has 0 aromatic rings. The number of aliphatic hydroxyl groups is 1. The summed E-state index contributed by atoms with van der Waals surface area (Å²) in [7, 11) is 0. The number of fused-ring (bicyclic) bond motifs is 5. The zero-order chi connectivity index (χ0) is 23.4. The SMILES string of the molecule is CC(=O)O[C@@H]1CC[C@]2(C)[C@@H]3[C@@H](C[C@H](F)[C@@H]2C1)[C@@H]1CC[C@H](C(=O)CO)[C@@]1(C)C[C@H]3OC(C)=O. The third-order valence-electron chi connectivity index (χ3n) is 9.69. The lowest BCUT2D eigenvalue weighted by molar-refractivity contribution is -0.212. The van der Waals surface area contributed by atoms with E-state index in [0.717, 1.165) is 12.8 Å². The van der Waals surface area contributed by atoms with Crippen LogP contribution >= 0.6 is 0 Å². The fourth-order valence-corrected chi connectivity index (χ4v) is 8.61. The predicted molar refractivity (Wildman–Crippen MR) is 114 cm³/mol. The third kappa shape index (κ3) is 3.68. The van der Waals surface area contributed by atoms with Gasteiger partial charge in [0.05, 0.1) is 0 Å². The number of aliphatic hydroxyl groups excluding tert-OH is 1. The molecule has 0 unspecified atom stereocenters. The molecule has 0 aromatic heterocycles. The molecule has 1 N–H and O–H groups in total. The first-order chi connectivity index (χ1) is 15.0. The van der Waals surface area contributed by atoms with Crippen LogP contribution in [0.4, 0.5) is 4.39 Å². The molecule has 0 aromatic carbocycles. The van der Waals surface area contributed by atoms with Crippen molar-refractivity contribution in [2.24, 2.45) is 40.4 Å². The van der Waals surface area contributed by atoms with Gasteiger partial charge in [-0.1, -0.05) is 13.8 Å². The molecule has 0 heterocycles. The lowest BCUT2D eigenvalue weighted by Crippen LogP contribution is -2.62. The summed E-state index contributed by atoms with van der Waals surface area (Å²) >= 11 is 0. The van der Waals surface area contributed by atoms with Crippen molar-refractivity contribution in [1.29, 1.82) is 0 Å². The summed E-state index contributed by atoms with van der Waals surface area (Å²) in [4.78, 5) is 36.2. The second kappa shape index (κ2) is 8.37. The molecule has 0 saturated heterocycles. The summed E-state index contributed by atoms with van der Waals surface area (Å²) in [6, 6.07) is 0. The van der Waals surface area contributed by atoms with E-state index in [4.69, 9.17) is 9.47 Å². The minimum atomic E-state index is -1.02. The van der Waals surface area contributed by atoms with E-state index in [9.17, 15) is 19.5 Å². The van der Waals surface area contributed by atoms with Gasteiger partial charge in [-0.05, 0) is 73.5 Å². The van der Waals surface area contributed by atoms with Crippen LogP contribution in [-0.2, 0) is 23.9 Å². The summed E-state index contributed by atoms with van der Waals surface area (Å²) in [6.45, 7) is 6.53. The first-order valence-electron chi connectivity index (χ1n) is 12.1. The highest BCUT2D eigenvalue weighted by Gasteiger charge is 2.66. The highest BCUT2D eigenvalue weighted by molar-refractivity contribution is 5.83. The van der Waals surface area contributed by atoms with E-state index in [1.807, 2.05) is 0 Å². The maximum atomic E-state index is 15.8. The standard InChI is InChI=1S/C25H37FO6/c1-13(28)31-15-7-8-24(3)19(9-15)20(26)10-16-17-5-6-18(21(30)12-27)25(17,4)11-22(23(16)24)32-14(2)29/h15-20,22-23,27H,5-12H2,1-4H3/t15-,16+,17+,18-,19+,20+,22-,23-,24+,25+/m1/s1. The molecule has 6 nitrogen and oxygen atoms in total. The van der Waals surface area contributed by atoms with Gasteiger partial charge in [-0.15, -0.1) is 0 Å². The molecule has 0 aliphatic heterocycles. The first-order valence-corrected chi connectivity index (χ1v) is 12.1.